The van der Waals surface area contributed by atoms with E-state index in [0.717, 1.165) is 25.6 Å². The minimum atomic E-state index is 0.263. The molecule has 0 radical (unpaired) electrons. The Balaban J connectivity index is 0.00000100. The minimum absolute atomic E-state index is 0.263. The van der Waals surface area contributed by atoms with Gasteiger partial charge in [-0.05, 0) is 36.5 Å². The fraction of sp³-hybridized carbons (Fsp3) is 0.381. The lowest BCUT2D eigenvalue weighted by atomic mass is 9.95. The van der Waals surface area contributed by atoms with Crippen LogP contribution in [0.15, 0.2) is 66.3 Å². The van der Waals surface area contributed by atoms with Crippen LogP contribution in [0.4, 0.5) is 4.39 Å². The van der Waals surface area contributed by atoms with Gasteiger partial charge < -0.3 is 0 Å². The summed E-state index contributed by atoms with van der Waals surface area (Å²) in [6.07, 6.45) is 7.03. The molecule has 3 heteroatoms. The highest BCUT2D eigenvalue weighted by Gasteiger charge is 2.60. The van der Waals surface area contributed by atoms with Gasteiger partial charge in [-0.1, -0.05) is 49.1 Å². The number of halogens is 1. The number of alkyl halides is 1. The Labute approximate surface area is 144 Å². The highest BCUT2D eigenvalue weighted by molar-refractivity contribution is 5.41. The molecule has 0 spiro atoms. The van der Waals surface area contributed by atoms with Crippen LogP contribution in [0.3, 0.4) is 0 Å². The molecule has 1 aliphatic heterocycles. The van der Waals surface area contributed by atoms with Gasteiger partial charge in [0.2, 0.25) is 0 Å². The van der Waals surface area contributed by atoms with Gasteiger partial charge in [0.05, 0.1) is 13.2 Å². The third-order valence-electron chi connectivity index (χ3n) is 5.01. The number of likely N-dealkylation sites (tertiary alicyclic amines) is 1. The Morgan fingerprint density at radius 3 is 2.71 bits per heavy atom. The van der Waals surface area contributed by atoms with Crippen LogP contribution in [0.25, 0.3) is 0 Å². The van der Waals surface area contributed by atoms with Crippen LogP contribution < -0.4 is 0 Å². The lowest BCUT2D eigenvalue weighted by molar-refractivity contribution is 0.283. The lowest BCUT2D eigenvalue weighted by Crippen LogP contribution is -2.25. The first-order valence-electron chi connectivity index (χ1n) is 8.26. The SMILES string of the molecule is C=C(/C=C\C(C#N)=C/C)[C@@]12C[C@@H]1CN(Cc1ccccc1)C2.CF. The molecule has 24 heavy (non-hydrogen) atoms. The summed E-state index contributed by atoms with van der Waals surface area (Å²) in [5, 5.41) is 8.98. The molecule has 0 aromatic heterocycles. The maximum Gasteiger partial charge on any atom is 0.0988 e. The summed E-state index contributed by atoms with van der Waals surface area (Å²) in [6, 6.07) is 12.8. The van der Waals surface area contributed by atoms with Crippen LogP contribution in [-0.2, 0) is 6.54 Å². The highest BCUT2D eigenvalue weighted by Crippen LogP contribution is 2.62. The van der Waals surface area contributed by atoms with E-state index in [1.165, 1.54) is 17.6 Å². The van der Waals surface area contributed by atoms with E-state index < -0.39 is 0 Å². The Bertz CT molecular complexity index is 669. The van der Waals surface area contributed by atoms with Crippen molar-refractivity contribution in [1.29, 1.82) is 5.26 Å². The van der Waals surface area contributed by atoms with Crippen molar-refractivity contribution in [2.45, 2.75) is 19.9 Å². The Hall–Kier alpha value is -2.18. The zero-order chi connectivity index (χ0) is 17.6. The molecule has 0 amide bonds. The predicted octanol–water partition coefficient (Wildman–Crippen LogP) is 4.68. The molecular weight excluding hydrogens is 299 g/mol. The summed E-state index contributed by atoms with van der Waals surface area (Å²) < 4.78 is 9.50. The van der Waals surface area contributed by atoms with Gasteiger partial charge >= 0.3 is 0 Å². The average molecular weight is 324 g/mol. The fourth-order valence-corrected chi connectivity index (χ4v) is 3.60. The van der Waals surface area contributed by atoms with Crippen molar-refractivity contribution in [2.24, 2.45) is 11.3 Å². The van der Waals surface area contributed by atoms with Gasteiger partial charge in [-0.15, -0.1) is 0 Å². The summed E-state index contributed by atoms with van der Waals surface area (Å²) in [7, 11) is 0.500. The molecular formula is C21H25FN2. The zero-order valence-electron chi connectivity index (χ0n) is 14.5. The summed E-state index contributed by atoms with van der Waals surface area (Å²) in [5.41, 5.74) is 3.52. The van der Waals surface area contributed by atoms with Gasteiger partial charge in [0.15, 0.2) is 0 Å². The number of benzene rings is 1. The van der Waals surface area contributed by atoms with Crippen molar-refractivity contribution < 1.29 is 4.39 Å². The Kier molecular flexibility index (Phi) is 6.11. The van der Waals surface area contributed by atoms with E-state index in [1.807, 2.05) is 25.2 Å². The van der Waals surface area contributed by atoms with Crippen LogP contribution in [0, 0.1) is 22.7 Å². The zero-order valence-corrected chi connectivity index (χ0v) is 14.5. The summed E-state index contributed by atoms with van der Waals surface area (Å²) in [6.45, 7) is 9.45. The van der Waals surface area contributed by atoms with Crippen molar-refractivity contribution in [3.05, 3.63) is 71.8 Å². The number of rotatable bonds is 5. The van der Waals surface area contributed by atoms with Gasteiger partial charge in [0.25, 0.3) is 0 Å². The van der Waals surface area contributed by atoms with E-state index in [2.05, 4.69) is 47.9 Å². The standard InChI is InChI=1S/C20H22N2.CH3F/c1-3-17(12-21)10-9-16(2)20-11-19(20)14-22(15-20)13-18-7-5-4-6-8-18;1-2/h3-10,19H,2,11,13-15H2,1H3;1H3/b10-9-,17-3+;/t19-,20+;/m1./s1. The molecule has 2 atom stereocenters. The van der Waals surface area contributed by atoms with Crippen molar-refractivity contribution in [1.82, 2.24) is 4.90 Å². The van der Waals surface area contributed by atoms with Crippen molar-refractivity contribution in [3.63, 3.8) is 0 Å². The smallest absolute Gasteiger partial charge is 0.0988 e. The molecule has 2 aliphatic rings. The first-order valence-corrected chi connectivity index (χ1v) is 8.26. The van der Waals surface area contributed by atoms with Crippen LogP contribution in [0.1, 0.15) is 18.9 Å². The fourth-order valence-electron chi connectivity index (χ4n) is 3.60. The lowest BCUT2D eigenvalue weighted by Gasteiger charge is -2.21. The molecule has 2 fully saturated rings. The van der Waals surface area contributed by atoms with Gasteiger partial charge in [-0.3, -0.25) is 9.29 Å². The van der Waals surface area contributed by atoms with E-state index in [9.17, 15) is 4.39 Å². The molecule has 2 nitrogen and oxygen atoms in total. The molecule has 1 aromatic rings. The minimum Gasteiger partial charge on any atom is -0.298 e. The van der Waals surface area contributed by atoms with Gasteiger partial charge in [0, 0.05) is 30.6 Å². The average Bonchev–Trinajstić information content (AvgIpc) is 3.20. The molecule has 0 unspecified atom stereocenters. The molecule has 1 saturated carbocycles. The number of fused-ring (bicyclic) bond motifs is 1. The van der Waals surface area contributed by atoms with Crippen molar-refractivity contribution in [2.75, 3.05) is 20.3 Å². The van der Waals surface area contributed by atoms with E-state index >= 15 is 0 Å². The molecule has 126 valence electrons. The van der Waals surface area contributed by atoms with Gasteiger partial charge in [-0.2, -0.15) is 5.26 Å². The summed E-state index contributed by atoms with van der Waals surface area (Å²) >= 11 is 0. The number of piperidine rings is 1. The van der Waals surface area contributed by atoms with E-state index in [-0.39, 0.29) is 5.41 Å². The third-order valence-corrected chi connectivity index (χ3v) is 5.01. The number of hydrogen-bond acceptors (Lipinski definition) is 2. The molecule has 1 aliphatic carbocycles. The highest BCUT2D eigenvalue weighted by atomic mass is 19.1. The summed E-state index contributed by atoms with van der Waals surface area (Å²) in [4.78, 5) is 2.53. The van der Waals surface area contributed by atoms with Crippen molar-refractivity contribution in [3.8, 4) is 6.07 Å². The Morgan fingerprint density at radius 2 is 2.08 bits per heavy atom. The normalized spacial score (nSPS) is 25.6. The predicted molar refractivity (Wildman–Crippen MR) is 96.9 cm³/mol. The van der Waals surface area contributed by atoms with Gasteiger partial charge in [0.1, 0.15) is 0 Å². The second kappa shape index (κ2) is 8.08. The topological polar surface area (TPSA) is 27.0 Å². The van der Waals surface area contributed by atoms with Crippen LogP contribution in [0.5, 0.6) is 0 Å². The van der Waals surface area contributed by atoms with E-state index in [0.29, 0.717) is 12.8 Å². The maximum absolute atomic E-state index is 9.50. The van der Waals surface area contributed by atoms with E-state index in [4.69, 9.17) is 5.26 Å². The first kappa shape index (κ1) is 18.2. The molecule has 1 saturated heterocycles. The summed E-state index contributed by atoms with van der Waals surface area (Å²) in [5.74, 6) is 0.740. The molecule has 0 bridgehead atoms. The van der Waals surface area contributed by atoms with Gasteiger partial charge in [-0.25, -0.2) is 0 Å². The van der Waals surface area contributed by atoms with E-state index in [1.54, 1.807) is 0 Å². The number of nitrogens with zero attached hydrogens (tertiary/aromatic N) is 2. The number of allylic oxidation sites excluding steroid dienone is 4. The molecule has 3 rings (SSSR count). The monoisotopic (exact) mass is 324 g/mol. The second-order valence-corrected chi connectivity index (χ2v) is 6.43. The number of hydrogen-bond donors (Lipinski definition) is 0. The largest absolute Gasteiger partial charge is 0.298 e. The molecule has 1 heterocycles. The van der Waals surface area contributed by atoms with Crippen LogP contribution in [-0.4, -0.2) is 25.2 Å². The Morgan fingerprint density at radius 1 is 1.38 bits per heavy atom. The van der Waals surface area contributed by atoms with Crippen molar-refractivity contribution >= 4 is 0 Å². The maximum atomic E-state index is 9.50. The number of nitriles is 1. The first-order chi connectivity index (χ1) is 11.7. The molecule has 0 N–H and O–H groups in total. The third kappa shape index (κ3) is 3.83. The second-order valence-electron chi connectivity index (χ2n) is 6.43. The molecule has 1 aromatic carbocycles. The van der Waals surface area contributed by atoms with Crippen LogP contribution in [0.2, 0.25) is 0 Å². The quantitative estimate of drug-likeness (QED) is 0.581. The van der Waals surface area contributed by atoms with Crippen LogP contribution >= 0.6 is 0 Å².